The summed E-state index contributed by atoms with van der Waals surface area (Å²) in [6.07, 6.45) is 0. The van der Waals surface area contributed by atoms with Crippen molar-refractivity contribution in [2.75, 3.05) is 4.31 Å². The van der Waals surface area contributed by atoms with Crippen LogP contribution in [0, 0.1) is 0 Å². The fraction of sp³-hybridized carbons (Fsp3) is 0.118. The van der Waals surface area contributed by atoms with Crippen molar-refractivity contribution in [3.63, 3.8) is 0 Å². The normalized spacial score (nSPS) is 12.7. The number of hydrogen-bond donors (Lipinski definition) is 0. The Morgan fingerprint density at radius 1 is 1.07 bits per heavy atom. The van der Waals surface area contributed by atoms with Gasteiger partial charge in [-0.05, 0) is 60.5 Å². The summed E-state index contributed by atoms with van der Waals surface area (Å²) in [6.45, 7) is 1.13. The second-order valence-electron chi connectivity index (χ2n) is 5.23. The van der Waals surface area contributed by atoms with E-state index in [0.29, 0.717) is 14.2 Å². The molecule has 0 heterocycles. The van der Waals surface area contributed by atoms with E-state index in [9.17, 15) is 26.4 Å². The zero-order valence-electron chi connectivity index (χ0n) is 13.8. The molecule has 10 heteroatoms. The Bertz CT molecular complexity index is 944. The van der Waals surface area contributed by atoms with Crippen molar-refractivity contribution in [1.29, 1.82) is 0 Å². The van der Waals surface area contributed by atoms with Gasteiger partial charge in [-0.2, -0.15) is 17.5 Å². The Morgan fingerprint density at radius 3 is 2.15 bits per heavy atom. The van der Waals surface area contributed by atoms with Crippen molar-refractivity contribution >= 4 is 49.3 Å². The first-order valence-electron chi connectivity index (χ1n) is 7.34. The molecule has 0 atom stereocenters. The molecule has 0 saturated carbocycles. The van der Waals surface area contributed by atoms with Gasteiger partial charge in [0.25, 0.3) is 15.9 Å². The monoisotopic (exact) mass is 479 g/mol. The third-order valence-electron chi connectivity index (χ3n) is 3.23. The molecule has 4 nitrogen and oxygen atoms in total. The molecule has 0 aliphatic heterocycles. The standard InChI is InChI=1S/C17H13BrF3NO3S2/c1-12(11-26-17(19,20)21)16(23)22(14-5-3-2-4-6-14)27(24,25)15-9-7-13(18)8-10-15/h2-11H,1H3. The molecule has 2 aromatic rings. The molecule has 0 aliphatic rings. The molecular formula is C17H13BrF3NO3S2. The van der Waals surface area contributed by atoms with Crippen molar-refractivity contribution < 1.29 is 26.4 Å². The number of para-hydroxylation sites is 1. The van der Waals surface area contributed by atoms with Gasteiger partial charge in [-0.1, -0.05) is 34.1 Å². The molecular weight excluding hydrogens is 467 g/mol. The molecule has 0 aromatic heterocycles. The van der Waals surface area contributed by atoms with Crippen LogP contribution in [-0.2, 0) is 14.8 Å². The summed E-state index contributed by atoms with van der Waals surface area (Å²) in [7, 11) is -4.34. The molecule has 0 saturated heterocycles. The van der Waals surface area contributed by atoms with Crippen LogP contribution in [0.2, 0.25) is 0 Å². The summed E-state index contributed by atoms with van der Waals surface area (Å²) >= 11 is 2.67. The van der Waals surface area contributed by atoms with Crippen molar-refractivity contribution in [2.45, 2.75) is 17.3 Å². The second kappa shape index (κ2) is 8.49. The maximum absolute atomic E-state index is 13.0. The number of nitrogens with zero attached hydrogens (tertiary/aromatic N) is 1. The van der Waals surface area contributed by atoms with Gasteiger partial charge in [0.2, 0.25) is 0 Å². The lowest BCUT2D eigenvalue weighted by atomic mass is 10.3. The number of alkyl halides is 3. The van der Waals surface area contributed by atoms with Crippen LogP contribution in [0.1, 0.15) is 6.92 Å². The number of thioether (sulfide) groups is 1. The fourth-order valence-electron chi connectivity index (χ4n) is 2.01. The Labute approximate surface area is 167 Å². The van der Waals surface area contributed by atoms with E-state index in [1.807, 2.05) is 0 Å². The lowest BCUT2D eigenvalue weighted by Gasteiger charge is -2.23. The Hall–Kier alpha value is -1.78. The predicted octanol–water partition coefficient (Wildman–Crippen LogP) is 5.33. The number of carbonyl (C=O) groups is 1. The summed E-state index contributed by atoms with van der Waals surface area (Å²) in [5, 5.41) is 0.593. The highest BCUT2D eigenvalue weighted by atomic mass is 79.9. The molecule has 0 unspecified atom stereocenters. The first-order valence-corrected chi connectivity index (χ1v) is 10.5. The van der Waals surface area contributed by atoms with E-state index < -0.39 is 33.2 Å². The summed E-state index contributed by atoms with van der Waals surface area (Å²) in [6, 6.07) is 13.0. The van der Waals surface area contributed by atoms with E-state index in [2.05, 4.69) is 15.9 Å². The third kappa shape index (κ3) is 5.60. The lowest BCUT2D eigenvalue weighted by Crippen LogP contribution is -2.37. The van der Waals surface area contributed by atoms with Crippen molar-refractivity contribution in [1.82, 2.24) is 0 Å². The molecule has 0 radical (unpaired) electrons. The molecule has 1 amide bonds. The highest BCUT2D eigenvalue weighted by Crippen LogP contribution is 2.33. The van der Waals surface area contributed by atoms with Crippen molar-refractivity contribution in [3.8, 4) is 0 Å². The molecule has 0 fully saturated rings. The molecule has 2 aromatic carbocycles. The summed E-state index contributed by atoms with van der Waals surface area (Å²) < 4.78 is 64.4. The van der Waals surface area contributed by atoms with Gasteiger partial charge in [0.05, 0.1) is 10.6 Å². The predicted molar refractivity (Wildman–Crippen MR) is 103 cm³/mol. The SMILES string of the molecule is CC(=CSC(F)(F)F)C(=O)N(c1ccccc1)S(=O)(=O)c1ccc(Br)cc1. The number of halogens is 4. The average molecular weight is 480 g/mol. The van der Waals surface area contributed by atoms with Crippen molar-refractivity contribution in [2.24, 2.45) is 0 Å². The summed E-state index contributed by atoms with van der Waals surface area (Å²) in [5.41, 5.74) is -4.92. The van der Waals surface area contributed by atoms with E-state index >= 15 is 0 Å². The van der Waals surface area contributed by atoms with E-state index in [4.69, 9.17) is 0 Å². The number of benzene rings is 2. The van der Waals surface area contributed by atoms with E-state index in [0.717, 1.165) is 6.92 Å². The van der Waals surface area contributed by atoms with Gasteiger partial charge in [-0.15, -0.1) is 0 Å². The lowest BCUT2D eigenvalue weighted by molar-refractivity contribution is -0.114. The van der Waals surface area contributed by atoms with Gasteiger partial charge in [0, 0.05) is 10.0 Å². The van der Waals surface area contributed by atoms with E-state index in [-0.39, 0.29) is 16.2 Å². The smallest absolute Gasteiger partial charge is 0.268 e. The van der Waals surface area contributed by atoms with Crippen molar-refractivity contribution in [3.05, 3.63) is 70.1 Å². The Balaban J connectivity index is 2.53. The quantitative estimate of drug-likeness (QED) is 0.544. The van der Waals surface area contributed by atoms with Crippen LogP contribution in [0.5, 0.6) is 0 Å². The number of sulfonamides is 1. The molecule has 0 spiro atoms. The van der Waals surface area contributed by atoms with Gasteiger partial charge in [0.1, 0.15) is 0 Å². The van der Waals surface area contributed by atoms with Gasteiger partial charge >= 0.3 is 5.51 Å². The molecule has 0 aliphatic carbocycles. The summed E-state index contributed by atoms with van der Waals surface area (Å²) in [4.78, 5) is 12.6. The van der Waals surface area contributed by atoms with Gasteiger partial charge in [-0.25, -0.2) is 8.42 Å². The van der Waals surface area contributed by atoms with Crippen LogP contribution in [0.4, 0.5) is 18.9 Å². The maximum atomic E-state index is 13.0. The Morgan fingerprint density at radius 2 is 1.63 bits per heavy atom. The molecule has 2 rings (SSSR count). The molecule has 0 bridgehead atoms. The van der Waals surface area contributed by atoms with Gasteiger partial charge < -0.3 is 0 Å². The largest absolute Gasteiger partial charge is 0.445 e. The van der Waals surface area contributed by atoms with Gasteiger partial charge in [-0.3, -0.25) is 4.79 Å². The number of anilines is 1. The Kier molecular flexibility index (Phi) is 6.77. The van der Waals surface area contributed by atoms with E-state index in [1.165, 1.54) is 48.5 Å². The zero-order valence-corrected chi connectivity index (χ0v) is 17.0. The minimum Gasteiger partial charge on any atom is -0.268 e. The van der Waals surface area contributed by atoms with Crippen LogP contribution in [-0.4, -0.2) is 19.8 Å². The summed E-state index contributed by atoms with van der Waals surface area (Å²) in [5.74, 6) is -1.07. The van der Waals surface area contributed by atoms with E-state index in [1.54, 1.807) is 6.07 Å². The number of hydrogen-bond acceptors (Lipinski definition) is 4. The third-order valence-corrected chi connectivity index (χ3v) is 6.23. The number of amides is 1. The number of carbonyl (C=O) groups excluding carboxylic acids is 1. The van der Waals surface area contributed by atoms with Crippen LogP contribution in [0.25, 0.3) is 0 Å². The topological polar surface area (TPSA) is 54.5 Å². The minimum absolute atomic E-state index is 0.0233. The average Bonchev–Trinajstić information content (AvgIpc) is 2.60. The first kappa shape index (κ1) is 21.5. The van der Waals surface area contributed by atoms with Gasteiger partial charge in [0.15, 0.2) is 0 Å². The maximum Gasteiger partial charge on any atom is 0.445 e. The zero-order chi connectivity index (χ0) is 20.2. The van der Waals surface area contributed by atoms with Crippen LogP contribution in [0.3, 0.4) is 0 Å². The first-order chi connectivity index (χ1) is 12.5. The number of rotatable bonds is 5. The molecule has 27 heavy (non-hydrogen) atoms. The second-order valence-corrected chi connectivity index (χ2v) is 8.87. The molecule has 144 valence electrons. The van der Waals surface area contributed by atoms with Crippen LogP contribution >= 0.6 is 27.7 Å². The minimum atomic E-state index is -4.58. The highest BCUT2D eigenvalue weighted by molar-refractivity contribution is 9.10. The molecule has 0 N–H and O–H groups in total. The van der Waals surface area contributed by atoms with Crippen LogP contribution in [0.15, 0.2) is 74.9 Å². The highest BCUT2D eigenvalue weighted by Gasteiger charge is 2.33. The van der Waals surface area contributed by atoms with Crippen LogP contribution < -0.4 is 4.31 Å². The fourth-order valence-corrected chi connectivity index (χ4v) is 4.13.